The maximum absolute atomic E-state index is 4.48. The molecular formula is C14H24N4. The number of nitrogens with one attached hydrogen (secondary N) is 1. The van der Waals surface area contributed by atoms with Gasteiger partial charge in [-0.3, -0.25) is 9.88 Å². The van der Waals surface area contributed by atoms with Crippen molar-refractivity contribution in [2.45, 2.75) is 46.2 Å². The smallest absolute Gasteiger partial charge is 0.144 e. The van der Waals surface area contributed by atoms with Crippen LogP contribution in [0.15, 0.2) is 12.4 Å². The van der Waals surface area contributed by atoms with Crippen molar-refractivity contribution in [3.63, 3.8) is 0 Å². The van der Waals surface area contributed by atoms with Gasteiger partial charge in [-0.2, -0.15) is 0 Å². The lowest BCUT2D eigenvalue weighted by atomic mass is 9.93. The van der Waals surface area contributed by atoms with Crippen molar-refractivity contribution in [1.29, 1.82) is 0 Å². The third-order valence-corrected chi connectivity index (χ3v) is 3.70. The second-order valence-electron chi connectivity index (χ2n) is 5.37. The topological polar surface area (TPSA) is 41.1 Å². The Kier molecular flexibility index (Phi) is 4.53. The van der Waals surface area contributed by atoms with Gasteiger partial charge in [-0.25, -0.2) is 4.98 Å². The first kappa shape index (κ1) is 13.3. The number of likely N-dealkylation sites (tertiary alicyclic amines) is 1. The van der Waals surface area contributed by atoms with Gasteiger partial charge < -0.3 is 5.32 Å². The highest BCUT2D eigenvalue weighted by atomic mass is 15.2. The first-order valence-electron chi connectivity index (χ1n) is 6.98. The van der Waals surface area contributed by atoms with Crippen LogP contribution < -0.4 is 5.32 Å². The van der Waals surface area contributed by atoms with Gasteiger partial charge in [0.15, 0.2) is 0 Å². The van der Waals surface area contributed by atoms with Crippen molar-refractivity contribution in [2.75, 3.05) is 18.4 Å². The summed E-state index contributed by atoms with van der Waals surface area (Å²) >= 11 is 0. The summed E-state index contributed by atoms with van der Waals surface area (Å²) < 4.78 is 0. The maximum Gasteiger partial charge on any atom is 0.144 e. The van der Waals surface area contributed by atoms with Crippen LogP contribution in [0.4, 0.5) is 5.82 Å². The quantitative estimate of drug-likeness (QED) is 0.889. The van der Waals surface area contributed by atoms with Crippen LogP contribution in [-0.4, -0.2) is 34.0 Å². The van der Waals surface area contributed by atoms with Crippen molar-refractivity contribution in [2.24, 2.45) is 5.92 Å². The molecule has 2 atom stereocenters. The Labute approximate surface area is 110 Å². The largest absolute Gasteiger partial charge is 0.369 e. The monoisotopic (exact) mass is 248 g/mol. The molecule has 0 aliphatic carbocycles. The Bertz CT molecular complexity index is 363. The van der Waals surface area contributed by atoms with E-state index in [1.165, 1.54) is 19.4 Å². The Morgan fingerprint density at radius 2 is 2.17 bits per heavy atom. The lowest BCUT2D eigenvalue weighted by Gasteiger charge is -2.36. The molecule has 1 fully saturated rings. The number of hydrogen-bond acceptors (Lipinski definition) is 4. The minimum absolute atomic E-state index is 0.656. The zero-order valence-electron chi connectivity index (χ0n) is 11.7. The molecule has 0 bridgehead atoms. The molecule has 0 amide bonds. The zero-order chi connectivity index (χ0) is 13.0. The van der Waals surface area contributed by atoms with E-state index in [9.17, 15) is 0 Å². The highest BCUT2D eigenvalue weighted by Gasteiger charge is 2.22. The second-order valence-corrected chi connectivity index (χ2v) is 5.37. The number of piperidine rings is 1. The van der Waals surface area contributed by atoms with Gasteiger partial charge in [-0.05, 0) is 39.2 Å². The molecule has 1 N–H and O–H groups in total. The molecule has 0 saturated carbocycles. The number of nitrogens with zero attached hydrogens (tertiary/aromatic N) is 3. The number of hydrogen-bond donors (Lipinski definition) is 1. The predicted molar refractivity (Wildman–Crippen MR) is 74.5 cm³/mol. The van der Waals surface area contributed by atoms with Crippen molar-refractivity contribution < 1.29 is 0 Å². The van der Waals surface area contributed by atoms with Crippen LogP contribution in [0.1, 0.15) is 39.3 Å². The third kappa shape index (κ3) is 3.42. The lowest BCUT2D eigenvalue weighted by molar-refractivity contribution is 0.120. The van der Waals surface area contributed by atoms with Crippen LogP contribution in [0, 0.1) is 5.92 Å². The van der Waals surface area contributed by atoms with E-state index in [1.807, 2.05) is 12.4 Å². The van der Waals surface area contributed by atoms with E-state index in [4.69, 9.17) is 0 Å². The average molecular weight is 248 g/mol. The molecule has 2 unspecified atom stereocenters. The van der Waals surface area contributed by atoms with Crippen LogP contribution >= 0.6 is 0 Å². The van der Waals surface area contributed by atoms with Gasteiger partial charge in [-0.1, -0.05) is 6.92 Å². The van der Waals surface area contributed by atoms with Gasteiger partial charge in [0.05, 0.1) is 18.1 Å². The van der Waals surface area contributed by atoms with E-state index in [-0.39, 0.29) is 0 Å². The van der Waals surface area contributed by atoms with Crippen molar-refractivity contribution >= 4 is 5.82 Å². The normalized spacial score (nSPS) is 25.1. The summed E-state index contributed by atoms with van der Waals surface area (Å²) in [6, 6.07) is 0.656. The average Bonchev–Trinajstić information content (AvgIpc) is 2.35. The van der Waals surface area contributed by atoms with E-state index in [2.05, 4.69) is 41.0 Å². The molecule has 100 valence electrons. The van der Waals surface area contributed by atoms with E-state index in [1.54, 1.807) is 0 Å². The fourth-order valence-electron chi connectivity index (χ4n) is 2.61. The maximum atomic E-state index is 4.48. The molecule has 0 radical (unpaired) electrons. The summed E-state index contributed by atoms with van der Waals surface area (Å²) in [6.07, 6.45) is 6.31. The van der Waals surface area contributed by atoms with Gasteiger partial charge in [-0.15, -0.1) is 0 Å². The summed E-state index contributed by atoms with van der Waals surface area (Å²) in [6.45, 7) is 9.71. The summed E-state index contributed by atoms with van der Waals surface area (Å²) in [5.74, 6) is 1.72. The van der Waals surface area contributed by atoms with Crippen LogP contribution in [0.2, 0.25) is 0 Å². The highest BCUT2D eigenvalue weighted by Crippen LogP contribution is 2.23. The SMILES string of the molecule is CCNc1cnc(CN2CCC(C)CC2C)cn1. The van der Waals surface area contributed by atoms with Crippen molar-refractivity contribution in [1.82, 2.24) is 14.9 Å². The van der Waals surface area contributed by atoms with Crippen LogP contribution in [0.25, 0.3) is 0 Å². The molecule has 1 aromatic rings. The Balaban J connectivity index is 1.92. The van der Waals surface area contributed by atoms with Crippen LogP contribution in [-0.2, 0) is 6.54 Å². The molecule has 4 nitrogen and oxygen atoms in total. The van der Waals surface area contributed by atoms with Gasteiger partial charge in [0.25, 0.3) is 0 Å². The molecule has 1 aromatic heterocycles. The first-order valence-corrected chi connectivity index (χ1v) is 6.98. The van der Waals surface area contributed by atoms with Crippen LogP contribution in [0.5, 0.6) is 0 Å². The van der Waals surface area contributed by atoms with Crippen molar-refractivity contribution in [3.05, 3.63) is 18.1 Å². The minimum atomic E-state index is 0.656. The molecule has 2 rings (SSSR count). The predicted octanol–water partition coefficient (Wildman–Crippen LogP) is 2.53. The van der Waals surface area contributed by atoms with E-state index >= 15 is 0 Å². The zero-order valence-corrected chi connectivity index (χ0v) is 11.7. The van der Waals surface area contributed by atoms with Gasteiger partial charge in [0.2, 0.25) is 0 Å². The highest BCUT2D eigenvalue weighted by molar-refractivity contribution is 5.30. The molecule has 1 aliphatic heterocycles. The Hall–Kier alpha value is -1.16. The van der Waals surface area contributed by atoms with E-state index in [0.717, 1.165) is 30.5 Å². The number of anilines is 1. The molecule has 2 heterocycles. The Morgan fingerprint density at radius 1 is 1.33 bits per heavy atom. The number of rotatable bonds is 4. The molecule has 4 heteroatoms. The van der Waals surface area contributed by atoms with E-state index < -0.39 is 0 Å². The number of aromatic nitrogens is 2. The van der Waals surface area contributed by atoms with E-state index in [0.29, 0.717) is 6.04 Å². The van der Waals surface area contributed by atoms with Gasteiger partial charge >= 0.3 is 0 Å². The summed E-state index contributed by atoms with van der Waals surface area (Å²) in [7, 11) is 0. The summed E-state index contributed by atoms with van der Waals surface area (Å²) in [5, 5.41) is 3.17. The fraction of sp³-hybridized carbons (Fsp3) is 0.714. The molecule has 1 aliphatic rings. The molecule has 0 aromatic carbocycles. The second kappa shape index (κ2) is 6.14. The van der Waals surface area contributed by atoms with Gasteiger partial charge in [0.1, 0.15) is 5.82 Å². The van der Waals surface area contributed by atoms with Crippen molar-refractivity contribution in [3.8, 4) is 0 Å². The molecule has 18 heavy (non-hydrogen) atoms. The summed E-state index contributed by atoms with van der Waals surface area (Å²) in [5.41, 5.74) is 1.07. The Morgan fingerprint density at radius 3 is 2.78 bits per heavy atom. The van der Waals surface area contributed by atoms with Gasteiger partial charge in [0, 0.05) is 19.1 Å². The molecule has 1 saturated heterocycles. The standard InChI is InChI=1S/C14H24N4/c1-4-15-14-9-16-13(8-17-14)10-18-6-5-11(2)7-12(18)3/h8-9,11-12H,4-7,10H2,1-3H3,(H,15,17). The lowest BCUT2D eigenvalue weighted by Crippen LogP contribution is -2.39. The third-order valence-electron chi connectivity index (χ3n) is 3.70. The molecular weight excluding hydrogens is 224 g/mol. The van der Waals surface area contributed by atoms with Crippen LogP contribution in [0.3, 0.4) is 0 Å². The minimum Gasteiger partial charge on any atom is -0.369 e. The summed E-state index contributed by atoms with van der Waals surface area (Å²) in [4.78, 5) is 11.4. The fourth-order valence-corrected chi connectivity index (χ4v) is 2.61. The first-order chi connectivity index (χ1) is 8.69. The molecule has 0 spiro atoms.